The number of hydrogen-bond donors (Lipinski definition) is 2. The molecule has 0 unspecified atom stereocenters. The zero-order chi connectivity index (χ0) is 10.6. The van der Waals surface area contributed by atoms with Gasteiger partial charge >= 0.3 is 11.9 Å². The summed E-state index contributed by atoms with van der Waals surface area (Å²) in [5.41, 5.74) is -1.56. The fourth-order valence-electron chi connectivity index (χ4n) is 1.31. The number of rotatable bonds is 5. The van der Waals surface area contributed by atoms with Crippen LogP contribution >= 0.6 is 0 Å². The summed E-state index contributed by atoms with van der Waals surface area (Å²) in [5.74, 6) is -2.36. The summed E-state index contributed by atoms with van der Waals surface area (Å²) < 4.78 is 0. The lowest BCUT2D eigenvalue weighted by atomic mass is 9.76. The van der Waals surface area contributed by atoms with Gasteiger partial charge < -0.3 is 10.2 Å². The molecule has 13 heavy (non-hydrogen) atoms. The van der Waals surface area contributed by atoms with Crippen molar-refractivity contribution < 1.29 is 19.8 Å². The lowest BCUT2D eigenvalue weighted by molar-refractivity contribution is -0.150. The van der Waals surface area contributed by atoms with Crippen molar-refractivity contribution in [3.05, 3.63) is 12.2 Å². The molecule has 4 nitrogen and oxygen atoms in total. The summed E-state index contributed by atoms with van der Waals surface area (Å²) in [7, 11) is 0. The van der Waals surface area contributed by atoms with E-state index in [-0.39, 0.29) is 18.4 Å². The second kappa shape index (κ2) is 4.07. The Morgan fingerprint density at radius 1 is 1.23 bits per heavy atom. The standard InChI is InChI=1S/C9H14O4/c1-4-9(5-2,8(12)13)6(3)7(10)11/h3-5H2,1-2H3,(H,10,11)(H,12,13). The summed E-state index contributed by atoms with van der Waals surface area (Å²) in [6, 6.07) is 0. The second-order valence-electron chi connectivity index (χ2n) is 2.88. The van der Waals surface area contributed by atoms with Crippen LogP contribution in [0.5, 0.6) is 0 Å². The van der Waals surface area contributed by atoms with E-state index in [1.54, 1.807) is 13.8 Å². The van der Waals surface area contributed by atoms with E-state index in [9.17, 15) is 9.59 Å². The third-order valence-corrected chi connectivity index (χ3v) is 2.45. The zero-order valence-electron chi connectivity index (χ0n) is 7.83. The molecule has 0 rings (SSSR count). The van der Waals surface area contributed by atoms with Crippen molar-refractivity contribution in [3.63, 3.8) is 0 Å². The van der Waals surface area contributed by atoms with Crippen LogP contribution in [0, 0.1) is 5.41 Å². The van der Waals surface area contributed by atoms with E-state index in [0.29, 0.717) is 0 Å². The summed E-state index contributed by atoms with van der Waals surface area (Å²) in [5, 5.41) is 17.6. The number of carboxylic acids is 2. The van der Waals surface area contributed by atoms with Crippen molar-refractivity contribution in [2.45, 2.75) is 26.7 Å². The Balaban J connectivity index is 5.10. The Bertz CT molecular complexity index is 238. The maximum absolute atomic E-state index is 10.9. The Labute approximate surface area is 76.9 Å². The first-order valence-electron chi connectivity index (χ1n) is 4.08. The van der Waals surface area contributed by atoms with Crippen molar-refractivity contribution in [3.8, 4) is 0 Å². The highest BCUT2D eigenvalue weighted by Gasteiger charge is 2.40. The smallest absolute Gasteiger partial charge is 0.332 e. The SMILES string of the molecule is C=C(C(=O)O)C(CC)(CC)C(=O)O. The van der Waals surface area contributed by atoms with Gasteiger partial charge in [0.25, 0.3) is 0 Å². The summed E-state index contributed by atoms with van der Waals surface area (Å²) in [6.45, 7) is 6.60. The predicted octanol–water partition coefficient (Wildman–Crippen LogP) is 1.52. The quantitative estimate of drug-likeness (QED) is 0.638. The zero-order valence-corrected chi connectivity index (χ0v) is 7.83. The van der Waals surface area contributed by atoms with E-state index in [0.717, 1.165) is 0 Å². The largest absolute Gasteiger partial charge is 0.481 e. The van der Waals surface area contributed by atoms with Crippen LogP contribution in [-0.4, -0.2) is 22.2 Å². The molecule has 0 aliphatic rings. The molecule has 4 heteroatoms. The van der Waals surface area contributed by atoms with Gasteiger partial charge in [-0.25, -0.2) is 4.79 Å². The van der Waals surface area contributed by atoms with E-state index in [1.807, 2.05) is 0 Å². The number of hydrogen-bond acceptors (Lipinski definition) is 2. The monoisotopic (exact) mass is 186 g/mol. The van der Waals surface area contributed by atoms with Crippen LogP contribution in [0.3, 0.4) is 0 Å². The van der Waals surface area contributed by atoms with Crippen LogP contribution < -0.4 is 0 Å². The summed E-state index contributed by atoms with van der Waals surface area (Å²) in [4.78, 5) is 21.5. The minimum Gasteiger partial charge on any atom is -0.481 e. The normalized spacial score (nSPS) is 10.9. The molecule has 0 heterocycles. The molecule has 74 valence electrons. The molecule has 0 aliphatic heterocycles. The molecule has 0 radical (unpaired) electrons. The molecule has 2 N–H and O–H groups in total. The van der Waals surface area contributed by atoms with E-state index in [4.69, 9.17) is 10.2 Å². The van der Waals surface area contributed by atoms with Crippen LogP contribution in [0.1, 0.15) is 26.7 Å². The summed E-state index contributed by atoms with van der Waals surface area (Å²) in [6.07, 6.45) is 0.480. The van der Waals surface area contributed by atoms with Gasteiger partial charge in [-0.3, -0.25) is 4.79 Å². The van der Waals surface area contributed by atoms with Crippen LogP contribution in [-0.2, 0) is 9.59 Å². The molecular formula is C9H14O4. The molecule has 0 aromatic heterocycles. The Morgan fingerprint density at radius 2 is 1.62 bits per heavy atom. The number of aliphatic carboxylic acids is 2. The highest BCUT2D eigenvalue weighted by atomic mass is 16.4. The van der Waals surface area contributed by atoms with E-state index in [1.165, 1.54) is 0 Å². The van der Waals surface area contributed by atoms with E-state index >= 15 is 0 Å². The molecule has 0 spiro atoms. The Kier molecular flexibility index (Phi) is 3.66. The highest BCUT2D eigenvalue weighted by Crippen LogP contribution is 2.34. The van der Waals surface area contributed by atoms with Gasteiger partial charge in [-0.2, -0.15) is 0 Å². The Hall–Kier alpha value is -1.32. The van der Waals surface area contributed by atoms with Gasteiger partial charge in [0, 0.05) is 5.57 Å². The van der Waals surface area contributed by atoms with Crippen molar-refractivity contribution >= 4 is 11.9 Å². The molecule has 0 saturated carbocycles. The van der Waals surface area contributed by atoms with Gasteiger partial charge in [-0.05, 0) is 12.8 Å². The fraction of sp³-hybridized carbons (Fsp3) is 0.556. The van der Waals surface area contributed by atoms with Crippen LogP contribution in [0.25, 0.3) is 0 Å². The topological polar surface area (TPSA) is 74.6 Å². The molecule has 0 aromatic carbocycles. The molecule has 0 atom stereocenters. The predicted molar refractivity (Wildman–Crippen MR) is 47.4 cm³/mol. The first-order valence-corrected chi connectivity index (χ1v) is 4.08. The third-order valence-electron chi connectivity index (χ3n) is 2.45. The Morgan fingerprint density at radius 3 is 1.69 bits per heavy atom. The number of carboxylic acid groups (broad SMARTS) is 2. The second-order valence-corrected chi connectivity index (χ2v) is 2.88. The molecule has 0 fully saturated rings. The highest BCUT2D eigenvalue weighted by molar-refractivity contribution is 5.95. The molecular weight excluding hydrogens is 172 g/mol. The maximum Gasteiger partial charge on any atom is 0.332 e. The number of carbonyl (C=O) groups is 2. The first-order chi connectivity index (χ1) is 5.92. The van der Waals surface area contributed by atoms with Gasteiger partial charge in [0.15, 0.2) is 0 Å². The minimum absolute atomic E-state index is 0.240. The lowest BCUT2D eigenvalue weighted by Crippen LogP contribution is -2.34. The van der Waals surface area contributed by atoms with Crippen molar-refractivity contribution in [2.75, 3.05) is 0 Å². The molecule has 0 amide bonds. The average Bonchev–Trinajstić information content (AvgIpc) is 2.06. The lowest BCUT2D eigenvalue weighted by Gasteiger charge is -2.26. The molecule has 0 bridgehead atoms. The molecule has 0 aliphatic carbocycles. The van der Waals surface area contributed by atoms with Gasteiger partial charge in [0.1, 0.15) is 0 Å². The van der Waals surface area contributed by atoms with E-state index in [2.05, 4.69) is 6.58 Å². The minimum atomic E-state index is -1.31. The maximum atomic E-state index is 10.9. The van der Waals surface area contributed by atoms with Crippen LogP contribution in [0.2, 0.25) is 0 Å². The molecule has 0 aromatic rings. The first kappa shape index (κ1) is 11.7. The average molecular weight is 186 g/mol. The van der Waals surface area contributed by atoms with Gasteiger partial charge in [0.05, 0.1) is 5.41 Å². The van der Waals surface area contributed by atoms with Gasteiger partial charge in [-0.15, -0.1) is 0 Å². The summed E-state index contributed by atoms with van der Waals surface area (Å²) >= 11 is 0. The van der Waals surface area contributed by atoms with Gasteiger partial charge in [0.2, 0.25) is 0 Å². The van der Waals surface area contributed by atoms with Crippen molar-refractivity contribution in [1.82, 2.24) is 0 Å². The van der Waals surface area contributed by atoms with Crippen LogP contribution in [0.4, 0.5) is 0 Å². The van der Waals surface area contributed by atoms with Gasteiger partial charge in [-0.1, -0.05) is 20.4 Å². The van der Waals surface area contributed by atoms with Crippen molar-refractivity contribution in [1.29, 1.82) is 0 Å². The third kappa shape index (κ3) is 1.88. The van der Waals surface area contributed by atoms with E-state index < -0.39 is 17.4 Å². The van der Waals surface area contributed by atoms with Crippen molar-refractivity contribution in [2.24, 2.45) is 5.41 Å². The van der Waals surface area contributed by atoms with Crippen LogP contribution in [0.15, 0.2) is 12.2 Å². The molecule has 0 saturated heterocycles. The fourth-order valence-corrected chi connectivity index (χ4v) is 1.31.